The fraction of sp³-hybridized carbons (Fsp3) is 0.538. The lowest BCUT2D eigenvalue weighted by atomic mass is 10.1. The van der Waals surface area contributed by atoms with Gasteiger partial charge in [-0.2, -0.15) is 0 Å². The average Bonchev–Trinajstić information content (AvgIpc) is 2.35. The Hall–Kier alpha value is -1.46. The normalized spacial score (nSPS) is 14.2. The van der Waals surface area contributed by atoms with Crippen LogP contribution in [0.5, 0.6) is 0 Å². The minimum absolute atomic E-state index is 0.101. The van der Waals surface area contributed by atoms with E-state index in [4.69, 9.17) is 4.74 Å². The molecule has 0 amide bonds. The number of hydrogen-bond donors (Lipinski definition) is 1. The van der Waals surface area contributed by atoms with Crippen molar-refractivity contribution < 1.29 is 9.66 Å². The predicted octanol–water partition coefficient (Wildman–Crippen LogP) is 2.42. The molecular formula is C13H20N2O3. The van der Waals surface area contributed by atoms with Crippen molar-refractivity contribution in [3.63, 3.8) is 0 Å². The number of nitro benzene ring substituents is 1. The van der Waals surface area contributed by atoms with Crippen molar-refractivity contribution in [3.8, 4) is 0 Å². The quantitative estimate of drug-likeness (QED) is 0.623. The van der Waals surface area contributed by atoms with E-state index in [1.807, 2.05) is 19.9 Å². The van der Waals surface area contributed by atoms with Gasteiger partial charge in [0.1, 0.15) is 0 Å². The highest BCUT2D eigenvalue weighted by Gasteiger charge is 2.15. The topological polar surface area (TPSA) is 64.4 Å². The second-order valence-corrected chi connectivity index (χ2v) is 4.43. The number of methoxy groups -OCH3 is 1. The van der Waals surface area contributed by atoms with Crippen molar-refractivity contribution in [1.82, 2.24) is 5.32 Å². The van der Waals surface area contributed by atoms with Crippen molar-refractivity contribution in [3.05, 3.63) is 39.4 Å². The molecule has 1 aromatic carbocycles. The summed E-state index contributed by atoms with van der Waals surface area (Å²) in [5.41, 5.74) is 1.83. The molecule has 0 fully saturated rings. The number of hydrogen-bond acceptors (Lipinski definition) is 4. The van der Waals surface area contributed by atoms with Crippen LogP contribution < -0.4 is 5.32 Å². The first kappa shape index (κ1) is 14.6. The molecule has 1 aromatic rings. The Kier molecular flexibility index (Phi) is 5.25. The molecule has 5 heteroatoms. The molecule has 0 spiro atoms. The number of nitrogens with zero attached hydrogens (tertiary/aromatic N) is 1. The second-order valence-electron chi connectivity index (χ2n) is 4.43. The minimum atomic E-state index is -0.347. The summed E-state index contributed by atoms with van der Waals surface area (Å²) in [7, 11) is 1.67. The number of nitrogens with one attached hydrogen (secondary N) is 1. The van der Waals surface area contributed by atoms with Gasteiger partial charge in [-0.15, -0.1) is 0 Å². The van der Waals surface area contributed by atoms with Gasteiger partial charge in [0.2, 0.25) is 0 Å². The van der Waals surface area contributed by atoms with Crippen LogP contribution in [0.15, 0.2) is 18.2 Å². The maximum Gasteiger partial charge on any atom is 0.272 e. The first-order valence-electron chi connectivity index (χ1n) is 5.96. The summed E-state index contributed by atoms with van der Waals surface area (Å²) in [6.07, 6.45) is 0.101. The van der Waals surface area contributed by atoms with Crippen LogP contribution in [0, 0.1) is 17.0 Å². The van der Waals surface area contributed by atoms with Crippen molar-refractivity contribution in [2.75, 3.05) is 7.11 Å². The Labute approximate surface area is 107 Å². The number of benzene rings is 1. The van der Waals surface area contributed by atoms with Crippen molar-refractivity contribution in [2.45, 2.75) is 39.5 Å². The molecule has 0 radical (unpaired) electrons. The molecule has 0 bridgehead atoms. The fourth-order valence-electron chi connectivity index (χ4n) is 1.70. The molecule has 5 nitrogen and oxygen atoms in total. The van der Waals surface area contributed by atoms with E-state index < -0.39 is 0 Å². The zero-order valence-corrected chi connectivity index (χ0v) is 11.3. The molecule has 100 valence electrons. The maximum atomic E-state index is 10.8. The van der Waals surface area contributed by atoms with Gasteiger partial charge in [0.25, 0.3) is 5.69 Å². The molecule has 1 rings (SSSR count). The lowest BCUT2D eigenvalue weighted by Crippen LogP contribution is -2.36. The van der Waals surface area contributed by atoms with E-state index in [1.165, 1.54) is 6.07 Å². The fourth-order valence-corrected chi connectivity index (χ4v) is 1.70. The molecule has 2 atom stereocenters. The van der Waals surface area contributed by atoms with E-state index >= 15 is 0 Å². The average molecular weight is 252 g/mol. The minimum Gasteiger partial charge on any atom is -0.380 e. The van der Waals surface area contributed by atoms with Gasteiger partial charge in [0.15, 0.2) is 0 Å². The maximum absolute atomic E-state index is 10.8. The molecule has 0 heterocycles. The van der Waals surface area contributed by atoms with Crippen LogP contribution in [0.2, 0.25) is 0 Å². The molecular weight excluding hydrogens is 232 g/mol. The van der Waals surface area contributed by atoms with E-state index in [9.17, 15) is 10.1 Å². The standard InChI is InChI=1S/C13H20N2O3/c1-9-12(6-5-7-13(9)15(16)17)8-14-10(2)11(3)18-4/h5-7,10-11,14H,8H2,1-4H3. The van der Waals surface area contributed by atoms with Crippen LogP contribution in [0.25, 0.3) is 0 Å². The summed E-state index contributed by atoms with van der Waals surface area (Å²) in [5.74, 6) is 0. The Bertz CT molecular complexity index is 421. The van der Waals surface area contributed by atoms with Gasteiger partial charge >= 0.3 is 0 Å². The van der Waals surface area contributed by atoms with Gasteiger partial charge in [-0.1, -0.05) is 12.1 Å². The van der Waals surface area contributed by atoms with Crippen LogP contribution in [-0.4, -0.2) is 24.2 Å². The van der Waals surface area contributed by atoms with Crippen LogP contribution in [0.3, 0.4) is 0 Å². The van der Waals surface area contributed by atoms with Crippen LogP contribution in [0.1, 0.15) is 25.0 Å². The van der Waals surface area contributed by atoms with Gasteiger partial charge in [-0.25, -0.2) is 0 Å². The first-order chi connectivity index (χ1) is 8.47. The van der Waals surface area contributed by atoms with Crippen molar-refractivity contribution >= 4 is 5.69 Å². The second kappa shape index (κ2) is 6.47. The van der Waals surface area contributed by atoms with Gasteiger partial charge < -0.3 is 10.1 Å². The first-order valence-corrected chi connectivity index (χ1v) is 5.96. The predicted molar refractivity (Wildman–Crippen MR) is 70.6 cm³/mol. The number of ether oxygens (including phenoxy) is 1. The lowest BCUT2D eigenvalue weighted by Gasteiger charge is -2.20. The molecule has 0 saturated heterocycles. The SMILES string of the molecule is COC(C)C(C)NCc1cccc([N+](=O)[O-])c1C. The highest BCUT2D eigenvalue weighted by Crippen LogP contribution is 2.21. The third-order valence-electron chi connectivity index (χ3n) is 3.30. The molecule has 0 saturated carbocycles. The van der Waals surface area contributed by atoms with Crippen LogP contribution in [0.4, 0.5) is 5.69 Å². The smallest absolute Gasteiger partial charge is 0.272 e. The zero-order valence-electron chi connectivity index (χ0n) is 11.3. The van der Waals surface area contributed by atoms with Gasteiger partial charge in [0.05, 0.1) is 11.0 Å². The zero-order chi connectivity index (χ0) is 13.7. The molecule has 18 heavy (non-hydrogen) atoms. The number of rotatable bonds is 6. The summed E-state index contributed by atoms with van der Waals surface area (Å²) in [5, 5.41) is 14.1. The van der Waals surface area contributed by atoms with Gasteiger partial charge in [-0.05, 0) is 26.3 Å². The Morgan fingerprint density at radius 1 is 1.44 bits per heavy atom. The highest BCUT2D eigenvalue weighted by molar-refractivity contribution is 5.44. The van der Waals surface area contributed by atoms with Crippen LogP contribution >= 0.6 is 0 Å². The Morgan fingerprint density at radius 3 is 2.67 bits per heavy atom. The molecule has 0 aliphatic rings. The van der Waals surface area contributed by atoms with E-state index in [-0.39, 0.29) is 22.8 Å². The lowest BCUT2D eigenvalue weighted by molar-refractivity contribution is -0.385. The van der Waals surface area contributed by atoms with Gasteiger partial charge in [0, 0.05) is 31.3 Å². The Balaban J connectivity index is 2.74. The summed E-state index contributed by atoms with van der Waals surface area (Å²) >= 11 is 0. The van der Waals surface area contributed by atoms with Crippen molar-refractivity contribution in [1.29, 1.82) is 0 Å². The van der Waals surface area contributed by atoms with Crippen molar-refractivity contribution in [2.24, 2.45) is 0 Å². The van der Waals surface area contributed by atoms with E-state index in [2.05, 4.69) is 5.32 Å². The van der Waals surface area contributed by atoms with Gasteiger partial charge in [-0.3, -0.25) is 10.1 Å². The van der Waals surface area contributed by atoms with E-state index in [1.54, 1.807) is 20.1 Å². The molecule has 0 aliphatic carbocycles. The third kappa shape index (κ3) is 3.51. The highest BCUT2D eigenvalue weighted by atomic mass is 16.6. The van der Waals surface area contributed by atoms with Crippen LogP contribution in [-0.2, 0) is 11.3 Å². The molecule has 2 unspecified atom stereocenters. The summed E-state index contributed by atoms with van der Waals surface area (Å²) in [6.45, 7) is 6.39. The van der Waals surface area contributed by atoms with E-state index in [0.717, 1.165) is 5.56 Å². The summed E-state index contributed by atoms with van der Waals surface area (Å²) in [4.78, 5) is 10.5. The summed E-state index contributed by atoms with van der Waals surface area (Å²) in [6, 6.07) is 5.33. The molecule has 1 N–H and O–H groups in total. The third-order valence-corrected chi connectivity index (χ3v) is 3.30. The largest absolute Gasteiger partial charge is 0.380 e. The molecule has 0 aromatic heterocycles. The van der Waals surface area contributed by atoms with E-state index in [0.29, 0.717) is 12.1 Å². The Morgan fingerprint density at radius 2 is 2.11 bits per heavy atom. The number of nitro groups is 1. The summed E-state index contributed by atoms with van der Waals surface area (Å²) < 4.78 is 5.22. The monoisotopic (exact) mass is 252 g/mol. The molecule has 0 aliphatic heterocycles.